The molecule has 1 aliphatic rings. The minimum Gasteiger partial charge on any atom is -0.339 e. The van der Waals surface area contributed by atoms with Crippen molar-refractivity contribution >= 4 is 10.2 Å². The Hall–Kier alpha value is -1.03. The van der Waals surface area contributed by atoms with Crippen LogP contribution in [-0.4, -0.2) is 53.9 Å². The minimum atomic E-state index is -3.58. The molecule has 1 aromatic rings. The highest BCUT2D eigenvalue weighted by atomic mass is 32.2. The quantitative estimate of drug-likeness (QED) is 0.821. The number of hydrogen-bond donors (Lipinski definition) is 1. The van der Waals surface area contributed by atoms with Crippen LogP contribution in [0.3, 0.4) is 0 Å². The molecule has 0 atom stereocenters. The van der Waals surface area contributed by atoms with Crippen molar-refractivity contribution in [3.8, 4) is 0 Å². The second-order valence-electron chi connectivity index (χ2n) is 5.99. The zero-order valence-corrected chi connectivity index (χ0v) is 12.9. The van der Waals surface area contributed by atoms with Crippen molar-refractivity contribution in [2.75, 3.05) is 26.2 Å². The van der Waals surface area contributed by atoms with Crippen LogP contribution in [0.1, 0.15) is 32.5 Å². The molecule has 1 saturated heterocycles. The van der Waals surface area contributed by atoms with Gasteiger partial charge >= 0.3 is 0 Å². The fraction of sp³-hybridized carbons (Fsp3) is 0.818. The average molecular weight is 303 g/mol. The molecule has 0 aliphatic carbocycles. The van der Waals surface area contributed by atoms with Gasteiger partial charge in [-0.15, -0.1) is 0 Å². The van der Waals surface area contributed by atoms with Crippen LogP contribution in [0.25, 0.3) is 0 Å². The van der Waals surface area contributed by atoms with Crippen LogP contribution in [-0.2, 0) is 22.2 Å². The Morgan fingerprint density at radius 2 is 1.85 bits per heavy atom. The van der Waals surface area contributed by atoms with Crippen molar-refractivity contribution in [2.24, 2.45) is 5.14 Å². The highest BCUT2D eigenvalue weighted by Gasteiger charge is 2.26. The predicted octanol–water partition coefficient (Wildman–Crippen LogP) is -0.312. The van der Waals surface area contributed by atoms with Crippen LogP contribution in [0.5, 0.6) is 0 Å². The van der Waals surface area contributed by atoms with Crippen molar-refractivity contribution in [2.45, 2.75) is 32.7 Å². The lowest BCUT2D eigenvalue weighted by atomic mass is 9.97. The lowest BCUT2D eigenvalue weighted by molar-refractivity contribution is 0.176. The third kappa shape index (κ3) is 3.75. The van der Waals surface area contributed by atoms with Gasteiger partial charge in [0.1, 0.15) is 0 Å². The van der Waals surface area contributed by atoms with Crippen LogP contribution in [0.2, 0.25) is 0 Å². The van der Waals surface area contributed by atoms with E-state index in [9.17, 15) is 8.42 Å². The van der Waals surface area contributed by atoms with E-state index in [0.29, 0.717) is 44.4 Å². The Morgan fingerprint density at radius 3 is 2.30 bits per heavy atom. The number of rotatable bonds is 3. The van der Waals surface area contributed by atoms with Gasteiger partial charge in [-0.2, -0.15) is 17.7 Å². The molecular weight excluding hydrogens is 282 g/mol. The number of nitrogens with two attached hydrogens (primary N) is 1. The van der Waals surface area contributed by atoms with Gasteiger partial charge in [0.25, 0.3) is 10.2 Å². The third-order valence-corrected chi connectivity index (χ3v) is 4.25. The van der Waals surface area contributed by atoms with Crippen molar-refractivity contribution in [1.29, 1.82) is 0 Å². The van der Waals surface area contributed by atoms with E-state index in [1.165, 1.54) is 4.31 Å². The topological polar surface area (TPSA) is 106 Å². The Morgan fingerprint density at radius 1 is 1.25 bits per heavy atom. The van der Waals surface area contributed by atoms with Crippen molar-refractivity contribution < 1.29 is 12.9 Å². The number of piperazine rings is 1. The Bertz CT molecular complexity index is 555. The van der Waals surface area contributed by atoms with E-state index < -0.39 is 10.2 Å². The zero-order chi connectivity index (χ0) is 15.0. The Labute approximate surface area is 119 Å². The summed E-state index contributed by atoms with van der Waals surface area (Å²) in [6.45, 7) is 8.58. The summed E-state index contributed by atoms with van der Waals surface area (Å²) in [5, 5.41) is 9.06. The normalized spacial score (nSPS) is 19.4. The van der Waals surface area contributed by atoms with Gasteiger partial charge in [-0.05, 0) is 0 Å². The molecule has 114 valence electrons. The molecule has 0 amide bonds. The number of nitrogens with zero attached hydrogens (tertiary/aromatic N) is 4. The summed E-state index contributed by atoms with van der Waals surface area (Å²) in [4.78, 5) is 6.45. The first-order valence-corrected chi connectivity index (χ1v) is 8.00. The largest absolute Gasteiger partial charge is 0.339 e. The van der Waals surface area contributed by atoms with Gasteiger partial charge < -0.3 is 4.52 Å². The van der Waals surface area contributed by atoms with E-state index in [1.807, 2.05) is 20.8 Å². The first-order valence-electron chi connectivity index (χ1n) is 6.49. The smallest absolute Gasteiger partial charge is 0.276 e. The summed E-state index contributed by atoms with van der Waals surface area (Å²) in [6.07, 6.45) is 0. The van der Waals surface area contributed by atoms with Crippen LogP contribution >= 0.6 is 0 Å². The first-order chi connectivity index (χ1) is 9.16. The summed E-state index contributed by atoms with van der Waals surface area (Å²) in [5.74, 6) is 1.23. The highest BCUT2D eigenvalue weighted by Crippen LogP contribution is 2.20. The predicted molar refractivity (Wildman–Crippen MR) is 73.0 cm³/mol. The Kier molecular flexibility index (Phi) is 4.14. The lowest BCUT2D eigenvalue weighted by Crippen LogP contribution is -2.50. The second-order valence-corrected chi connectivity index (χ2v) is 7.53. The maximum Gasteiger partial charge on any atom is 0.276 e. The van der Waals surface area contributed by atoms with Gasteiger partial charge in [0, 0.05) is 31.6 Å². The van der Waals surface area contributed by atoms with E-state index in [1.54, 1.807) is 0 Å². The van der Waals surface area contributed by atoms with Gasteiger partial charge in [0.2, 0.25) is 5.89 Å². The van der Waals surface area contributed by atoms with Crippen LogP contribution < -0.4 is 5.14 Å². The van der Waals surface area contributed by atoms with Crippen molar-refractivity contribution in [3.05, 3.63) is 11.7 Å². The molecular formula is C11H21N5O3S. The summed E-state index contributed by atoms with van der Waals surface area (Å²) in [7, 11) is -3.58. The van der Waals surface area contributed by atoms with E-state index in [2.05, 4.69) is 15.0 Å². The Balaban J connectivity index is 1.92. The van der Waals surface area contributed by atoms with Gasteiger partial charge in [-0.1, -0.05) is 25.9 Å². The highest BCUT2D eigenvalue weighted by molar-refractivity contribution is 7.86. The molecule has 2 rings (SSSR count). The van der Waals surface area contributed by atoms with Gasteiger partial charge in [-0.3, -0.25) is 4.90 Å². The zero-order valence-electron chi connectivity index (χ0n) is 12.0. The molecule has 0 saturated carbocycles. The van der Waals surface area contributed by atoms with Crippen LogP contribution in [0.15, 0.2) is 4.52 Å². The minimum absolute atomic E-state index is 0.169. The average Bonchev–Trinajstić information content (AvgIpc) is 2.77. The summed E-state index contributed by atoms with van der Waals surface area (Å²) >= 11 is 0. The molecule has 0 aromatic carbocycles. The lowest BCUT2D eigenvalue weighted by Gasteiger charge is -2.31. The van der Waals surface area contributed by atoms with E-state index in [4.69, 9.17) is 9.66 Å². The first kappa shape index (κ1) is 15.4. The second kappa shape index (κ2) is 5.40. The fourth-order valence-corrected chi connectivity index (χ4v) is 2.64. The summed E-state index contributed by atoms with van der Waals surface area (Å²) in [5.41, 5.74) is -0.169. The summed E-state index contributed by atoms with van der Waals surface area (Å²) < 4.78 is 28.9. The van der Waals surface area contributed by atoms with Gasteiger partial charge in [0.15, 0.2) is 5.82 Å². The molecule has 1 aliphatic heterocycles. The molecule has 1 aromatic heterocycles. The van der Waals surface area contributed by atoms with E-state index in [-0.39, 0.29) is 5.41 Å². The number of aromatic nitrogens is 2. The fourth-order valence-electron chi connectivity index (χ4n) is 1.96. The van der Waals surface area contributed by atoms with Gasteiger partial charge in [-0.25, -0.2) is 5.14 Å². The molecule has 2 N–H and O–H groups in total. The maximum atomic E-state index is 11.2. The van der Waals surface area contributed by atoms with E-state index >= 15 is 0 Å². The molecule has 8 nitrogen and oxygen atoms in total. The molecule has 0 spiro atoms. The maximum absolute atomic E-state index is 11.2. The van der Waals surface area contributed by atoms with Crippen molar-refractivity contribution in [3.63, 3.8) is 0 Å². The molecule has 0 unspecified atom stereocenters. The molecule has 1 fully saturated rings. The number of hydrogen-bond acceptors (Lipinski definition) is 6. The summed E-state index contributed by atoms with van der Waals surface area (Å²) in [6, 6.07) is 0. The van der Waals surface area contributed by atoms with Crippen molar-refractivity contribution in [1.82, 2.24) is 19.3 Å². The molecule has 0 bridgehead atoms. The SMILES string of the molecule is CC(C)(C)c1nc(CN2CCN(S(N)(=O)=O)CC2)no1. The monoisotopic (exact) mass is 303 g/mol. The standard InChI is InChI=1S/C11H21N5O3S/c1-11(2,3)10-13-9(14-19-10)8-15-4-6-16(7-5-15)20(12,17)18/h4-8H2,1-3H3,(H2,12,17,18). The molecule has 9 heteroatoms. The van der Waals surface area contributed by atoms with Crippen LogP contribution in [0, 0.1) is 0 Å². The van der Waals surface area contributed by atoms with E-state index in [0.717, 1.165) is 0 Å². The third-order valence-electron chi connectivity index (χ3n) is 3.17. The molecule has 20 heavy (non-hydrogen) atoms. The van der Waals surface area contributed by atoms with Crippen LogP contribution in [0.4, 0.5) is 0 Å². The molecule has 2 heterocycles. The van der Waals surface area contributed by atoms with Gasteiger partial charge in [0.05, 0.1) is 6.54 Å². The molecule has 0 radical (unpaired) electrons.